The van der Waals surface area contributed by atoms with E-state index in [1.165, 1.54) is 0 Å². The third kappa shape index (κ3) is 2.00. The second-order valence-corrected chi connectivity index (χ2v) is 3.73. The van der Waals surface area contributed by atoms with Gasteiger partial charge in [0.25, 0.3) is 0 Å². The van der Waals surface area contributed by atoms with Gasteiger partial charge in [-0.2, -0.15) is 0 Å². The number of hydrogen-bond donors (Lipinski definition) is 1. The van der Waals surface area contributed by atoms with Crippen LogP contribution in [0.15, 0.2) is 0 Å². The monoisotopic (exact) mass is 185 g/mol. The molecule has 1 aliphatic carbocycles. The van der Waals surface area contributed by atoms with Crippen molar-refractivity contribution in [3.63, 3.8) is 0 Å². The van der Waals surface area contributed by atoms with Gasteiger partial charge in [-0.05, 0) is 12.8 Å². The first-order chi connectivity index (χ1) is 6.31. The molecule has 1 saturated heterocycles. The van der Waals surface area contributed by atoms with Crippen LogP contribution in [0.4, 0.5) is 0 Å². The first kappa shape index (κ1) is 8.97. The summed E-state index contributed by atoms with van der Waals surface area (Å²) in [5.41, 5.74) is 0. The van der Waals surface area contributed by atoms with Crippen molar-refractivity contribution in [3.05, 3.63) is 0 Å². The molecule has 0 aromatic carbocycles. The summed E-state index contributed by atoms with van der Waals surface area (Å²) in [5, 5.41) is 8.50. The van der Waals surface area contributed by atoms with Gasteiger partial charge in [-0.15, -0.1) is 0 Å². The van der Waals surface area contributed by atoms with Gasteiger partial charge in [0, 0.05) is 19.0 Å². The highest BCUT2D eigenvalue weighted by molar-refractivity contribution is 5.81. The van der Waals surface area contributed by atoms with E-state index in [2.05, 4.69) is 0 Å². The summed E-state index contributed by atoms with van der Waals surface area (Å²) in [4.78, 5) is 13.3. The number of rotatable bonds is 4. The van der Waals surface area contributed by atoms with E-state index in [1.807, 2.05) is 4.90 Å². The third-order valence-electron chi connectivity index (χ3n) is 2.53. The summed E-state index contributed by atoms with van der Waals surface area (Å²) in [5.74, 6) is 0.614. The fourth-order valence-electron chi connectivity index (χ4n) is 1.53. The molecule has 4 heteroatoms. The van der Waals surface area contributed by atoms with Crippen LogP contribution in [0.5, 0.6) is 0 Å². The third-order valence-corrected chi connectivity index (χ3v) is 2.53. The first-order valence-electron chi connectivity index (χ1n) is 4.82. The summed E-state index contributed by atoms with van der Waals surface area (Å²) in [6.07, 6.45) is 2.30. The SMILES string of the molecule is O=C(C1CC1)N1CC(OCCO)C1. The van der Waals surface area contributed by atoms with E-state index in [1.54, 1.807) is 0 Å². The fourth-order valence-corrected chi connectivity index (χ4v) is 1.53. The van der Waals surface area contributed by atoms with E-state index in [-0.39, 0.29) is 12.7 Å². The van der Waals surface area contributed by atoms with Crippen LogP contribution in [0.3, 0.4) is 0 Å². The minimum absolute atomic E-state index is 0.0626. The predicted octanol–water partition coefficient (Wildman–Crippen LogP) is -0.384. The van der Waals surface area contributed by atoms with E-state index in [4.69, 9.17) is 9.84 Å². The Labute approximate surface area is 77.5 Å². The molecule has 13 heavy (non-hydrogen) atoms. The number of amides is 1. The Hall–Kier alpha value is -0.610. The topological polar surface area (TPSA) is 49.8 Å². The number of nitrogens with zero attached hydrogens (tertiary/aromatic N) is 1. The van der Waals surface area contributed by atoms with E-state index in [9.17, 15) is 4.79 Å². The quantitative estimate of drug-likeness (QED) is 0.649. The van der Waals surface area contributed by atoms with Gasteiger partial charge in [0.2, 0.25) is 5.91 Å². The van der Waals surface area contributed by atoms with Crippen molar-refractivity contribution in [2.24, 2.45) is 5.92 Å². The van der Waals surface area contributed by atoms with Gasteiger partial charge in [0.15, 0.2) is 0 Å². The molecule has 1 aliphatic heterocycles. The van der Waals surface area contributed by atoms with E-state index >= 15 is 0 Å². The van der Waals surface area contributed by atoms with Crippen LogP contribution in [0.2, 0.25) is 0 Å². The van der Waals surface area contributed by atoms with Crippen LogP contribution in [0.25, 0.3) is 0 Å². The average Bonchev–Trinajstić information content (AvgIpc) is 2.83. The molecule has 2 rings (SSSR count). The van der Waals surface area contributed by atoms with Crippen LogP contribution in [0.1, 0.15) is 12.8 Å². The second kappa shape index (κ2) is 3.64. The lowest BCUT2D eigenvalue weighted by molar-refractivity contribution is -0.146. The molecule has 0 bridgehead atoms. The van der Waals surface area contributed by atoms with E-state index < -0.39 is 0 Å². The zero-order valence-corrected chi connectivity index (χ0v) is 7.61. The molecule has 1 saturated carbocycles. The van der Waals surface area contributed by atoms with Crippen molar-refractivity contribution in [2.45, 2.75) is 18.9 Å². The zero-order chi connectivity index (χ0) is 9.26. The molecular formula is C9H15NO3. The lowest BCUT2D eigenvalue weighted by atomic mass is 10.1. The Balaban J connectivity index is 1.63. The summed E-state index contributed by atoms with van der Waals surface area (Å²) >= 11 is 0. The van der Waals surface area contributed by atoms with Crippen molar-refractivity contribution < 1.29 is 14.6 Å². The smallest absolute Gasteiger partial charge is 0.225 e. The lowest BCUT2D eigenvalue weighted by Crippen LogP contribution is -2.55. The number of aliphatic hydroxyl groups is 1. The number of carbonyl (C=O) groups is 1. The lowest BCUT2D eigenvalue weighted by Gasteiger charge is -2.39. The summed E-state index contributed by atoms with van der Waals surface area (Å²) in [6.45, 7) is 1.88. The first-order valence-corrected chi connectivity index (χ1v) is 4.82. The number of carbonyl (C=O) groups excluding carboxylic acids is 1. The summed E-state index contributed by atoms with van der Waals surface area (Å²) < 4.78 is 5.26. The van der Waals surface area contributed by atoms with E-state index in [0.717, 1.165) is 25.9 Å². The van der Waals surface area contributed by atoms with Gasteiger partial charge >= 0.3 is 0 Å². The molecule has 0 aromatic heterocycles. The molecular weight excluding hydrogens is 170 g/mol. The zero-order valence-electron chi connectivity index (χ0n) is 7.61. The van der Waals surface area contributed by atoms with Crippen LogP contribution in [0, 0.1) is 5.92 Å². The average molecular weight is 185 g/mol. The molecule has 1 N–H and O–H groups in total. The Morgan fingerprint density at radius 2 is 2.15 bits per heavy atom. The minimum atomic E-state index is 0.0626. The van der Waals surface area contributed by atoms with Crippen molar-refractivity contribution in [1.82, 2.24) is 4.90 Å². The summed E-state index contributed by atoms with van der Waals surface area (Å²) in [6, 6.07) is 0. The highest BCUT2D eigenvalue weighted by Crippen LogP contribution is 2.32. The molecule has 4 nitrogen and oxygen atoms in total. The predicted molar refractivity (Wildman–Crippen MR) is 46.1 cm³/mol. The van der Waals surface area contributed by atoms with Crippen LogP contribution in [-0.4, -0.2) is 48.3 Å². The number of ether oxygens (including phenoxy) is 1. The molecule has 2 fully saturated rings. The van der Waals surface area contributed by atoms with E-state index in [0.29, 0.717) is 18.4 Å². The minimum Gasteiger partial charge on any atom is -0.394 e. The van der Waals surface area contributed by atoms with Gasteiger partial charge in [-0.1, -0.05) is 0 Å². The molecule has 1 heterocycles. The Kier molecular flexibility index (Phi) is 2.51. The van der Waals surface area contributed by atoms with Crippen LogP contribution in [-0.2, 0) is 9.53 Å². The Morgan fingerprint density at radius 3 is 2.69 bits per heavy atom. The number of hydrogen-bond acceptors (Lipinski definition) is 3. The molecule has 0 atom stereocenters. The normalized spacial score (nSPS) is 23.0. The highest BCUT2D eigenvalue weighted by atomic mass is 16.5. The standard InChI is InChI=1S/C9H15NO3/c11-3-4-13-8-5-10(6-8)9(12)7-1-2-7/h7-8,11H,1-6H2. The largest absolute Gasteiger partial charge is 0.394 e. The number of likely N-dealkylation sites (tertiary alicyclic amines) is 1. The van der Waals surface area contributed by atoms with Gasteiger partial charge < -0.3 is 14.7 Å². The van der Waals surface area contributed by atoms with Crippen LogP contribution < -0.4 is 0 Å². The van der Waals surface area contributed by atoms with Gasteiger partial charge in [0.1, 0.15) is 0 Å². The maximum atomic E-state index is 11.4. The Morgan fingerprint density at radius 1 is 1.46 bits per heavy atom. The second-order valence-electron chi connectivity index (χ2n) is 3.73. The molecule has 0 radical (unpaired) electrons. The molecule has 0 spiro atoms. The maximum Gasteiger partial charge on any atom is 0.225 e. The van der Waals surface area contributed by atoms with Crippen LogP contribution >= 0.6 is 0 Å². The highest BCUT2D eigenvalue weighted by Gasteiger charge is 2.39. The van der Waals surface area contributed by atoms with Crippen molar-refractivity contribution >= 4 is 5.91 Å². The van der Waals surface area contributed by atoms with Gasteiger partial charge in [0.05, 0.1) is 19.3 Å². The van der Waals surface area contributed by atoms with Crippen molar-refractivity contribution in [3.8, 4) is 0 Å². The fraction of sp³-hybridized carbons (Fsp3) is 0.889. The maximum absolute atomic E-state index is 11.4. The van der Waals surface area contributed by atoms with Crippen molar-refractivity contribution in [2.75, 3.05) is 26.3 Å². The van der Waals surface area contributed by atoms with Gasteiger partial charge in [-0.3, -0.25) is 4.79 Å². The number of aliphatic hydroxyl groups excluding tert-OH is 1. The van der Waals surface area contributed by atoms with Gasteiger partial charge in [-0.25, -0.2) is 0 Å². The molecule has 1 amide bonds. The molecule has 0 unspecified atom stereocenters. The molecule has 2 aliphatic rings. The molecule has 74 valence electrons. The molecule has 0 aromatic rings. The summed E-state index contributed by atoms with van der Waals surface area (Å²) in [7, 11) is 0. The van der Waals surface area contributed by atoms with Crippen molar-refractivity contribution in [1.29, 1.82) is 0 Å². The Bertz CT molecular complexity index is 197.